The summed E-state index contributed by atoms with van der Waals surface area (Å²) in [6, 6.07) is 8.81. The number of benzene rings is 2. The van der Waals surface area contributed by atoms with Crippen LogP contribution in [0.25, 0.3) is 12.2 Å². The highest BCUT2D eigenvalue weighted by molar-refractivity contribution is 7.89. The van der Waals surface area contributed by atoms with Crippen LogP contribution in [0.15, 0.2) is 45.8 Å². The first kappa shape index (κ1) is 26.1. The number of hydrogen-bond donors (Lipinski definition) is 0. The molecule has 11 heteroatoms. The number of nitrogens with zero attached hydrogens (tertiary/aromatic N) is 3. The van der Waals surface area contributed by atoms with E-state index in [0.717, 1.165) is 23.4 Å². The molecule has 3 aromatic rings. The fraction of sp³-hybridized carbons (Fsp3) is 0.333. The van der Waals surface area contributed by atoms with Gasteiger partial charge in [0.15, 0.2) is 10.7 Å². The predicted molar refractivity (Wildman–Crippen MR) is 137 cm³/mol. The van der Waals surface area contributed by atoms with Crippen molar-refractivity contribution in [2.75, 3.05) is 31.1 Å². The number of aryl methyl sites for hydroxylation is 2. The standard InChI is InChI=1S/C27H27F2N3O5S/c1-17-3-7-24-23(15-17)32(13-14-36-24)27(33)20-9-11-31(12-10-20)38(34,35)26-18(2)30-37-25(26)8-5-19-4-6-21(28)16-22(19)29/h3-8,15-16,20H,9-14H2,1-2H3. The summed E-state index contributed by atoms with van der Waals surface area (Å²) in [4.78, 5) is 15.0. The third kappa shape index (κ3) is 4.95. The number of sulfonamides is 1. The molecule has 0 aliphatic carbocycles. The fourth-order valence-electron chi connectivity index (χ4n) is 4.85. The van der Waals surface area contributed by atoms with Crippen LogP contribution >= 0.6 is 0 Å². The van der Waals surface area contributed by atoms with Gasteiger partial charge in [-0.05, 0) is 68.7 Å². The lowest BCUT2D eigenvalue weighted by molar-refractivity contribution is -0.123. The van der Waals surface area contributed by atoms with E-state index in [-0.39, 0.29) is 46.8 Å². The topological polar surface area (TPSA) is 93.0 Å². The third-order valence-corrected chi connectivity index (χ3v) is 8.91. The van der Waals surface area contributed by atoms with Gasteiger partial charge in [0, 0.05) is 30.6 Å². The number of carbonyl (C=O) groups is 1. The average Bonchev–Trinajstić information content (AvgIpc) is 3.28. The first-order chi connectivity index (χ1) is 18.1. The fourth-order valence-corrected chi connectivity index (χ4v) is 6.57. The molecule has 8 nitrogen and oxygen atoms in total. The van der Waals surface area contributed by atoms with Gasteiger partial charge >= 0.3 is 0 Å². The van der Waals surface area contributed by atoms with Crippen molar-refractivity contribution in [2.45, 2.75) is 31.6 Å². The van der Waals surface area contributed by atoms with Gasteiger partial charge in [-0.25, -0.2) is 17.2 Å². The van der Waals surface area contributed by atoms with Gasteiger partial charge in [-0.1, -0.05) is 11.2 Å². The van der Waals surface area contributed by atoms with Gasteiger partial charge in [0.2, 0.25) is 15.9 Å². The van der Waals surface area contributed by atoms with E-state index in [2.05, 4.69) is 5.16 Å². The molecule has 0 saturated carbocycles. The molecule has 38 heavy (non-hydrogen) atoms. The molecule has 1 amide bonds. The van der Waals surface area contributed by atoms with E-state index < -0.39 is 21.7 Å². The normalized spacial score (nSPS) is 17.0. The number of ether oxygens (including phenoxy) is 1. The number of rotatable bonds is 5. The molecule has 0 atom stereocenters. The van der Waals surface area contributed by atoms with Crippen molar-refractivity contribution < 1.29 is 31.3 Å². The molecule has 5 rings (SSSR count). The van der Waals surface area contributed by atoms with Gasteiger partial charge in [0.1, 0.15) is 29.7 Å². The van der Waals surface area contributed by atoms with Gasteiger partial charge in [-0.2, -0.15) is 4.31 Å². The van der Waals surface area contributed by atoms with Crippen molar-refractivity contribution in [1.82, 2.24) is 9.46 Å². The van der Waals surface area contributed by atoms with Crippen LogP contribution in [-0.2, 0) is 14.8 Å². The summed E-state index contributed by atoms with van der Waals surface area (Å²) >= 11 is 0. The van der Waals surface area contributed by atoms with Gasteiger partial charge in [-0.15, -0.1) is 0 Å². The number of hydrogen-bond acceptors (Lipinski definition) is 6. The molecule has 200 valence electrons. The molecule has 1 aromatic heterocycles. The Bertz CT molecular complexity index is 1510. The number of anilines is 1. The van der Waals surface area contributed by atoms with Crippen molar-refractivity contribution >= 4 is 33.8 Å². The van der Waals surface area contributed by atoms with E-state index in [9.17, 15) is 22.0 Å². The van der Waals surface area contributed by atoms with E-state index >= 15 is 0 Å². The average molecular weight is 544 g/mol. The van der Waals surface area contributed by atoms with E-state index in [0.29, 0.717) is 31.7 Å². The molecular formula is C27H27F2N3O5S. The molecule has 0 bridgehead atoms. The molecule has 2 aromatic carbocycles. The molecule has 2 aliphatic rings. The second-order valence-electron chi connectivity index (χ2n) is 9.45. The van der Waals surface area contributed by atoms with E-state index in [1.807, 2.05) is 25.1 Å². The zero-order chi connectivity index (χ0) is 27.0. The smallest absolute Gasteiger partial charge is 0.248 e. The van der Waals surface area contributed by atoms with Crippen LogP contribution < -0.4 is 9.64 Å². The summed E-state index contributed by atoms with van der Waals surface area (Å²) in [6.45, 7) is 4.62. The summed E-state index contributed by atoms with van der Waals surface area (Å²) in [5.74, 6) is -1.25. The SMILES string of the molecule is Cc1ccc2c(c1)N(C(=O)C1CCN(S(=O)(=O)c3c(C)noc3C=Cc3ccc(F)cc3F)CC1)CCO2. The minimum atomic E-state index is -4.00. The summed E-state index contributed by atoms with van der Waals surface area (Å²) in [6.07, 6.45) is 3.34. The summed E-state index contributed by atoms with van der Waals surface area (Å²) in [7, 11) is -4.00. The van der Waals surface area contributed by atoms with Crippen LogP contribution in [0.2, 0.25) is 0 Å². The second-order valence-corrected chi connectivity index (χ2v) is 11.3. The molecule has 1 saturated heterocycles. The predicted octanol–water partition coefficient (Wildman–Crippen LogP) is 4.57. The highest BCUT2D eigenvalue weighted by atomic mass is 32.2. The van der Waals surface area contributed by atoms with Crippen molar-refractivity contribution in [1.29, 1.82) is 0 Å². The van der Waals surface area contributed by atoms with E-state index in [4.69, 9.17) is 9.26 Å². The van der Waals surface area contributed by atoms with Crippen molar-refractivity contribution in [3.63, 3.8) is 0 Å². The molecule has 0 N–H and O–H groups in total. The lowest BCUT2D eigenvalue weighted by Gasteiger charge is -2.36. The molecule has 3 heterocycles. The number of amides is 1. The number of carbonyl (C=O) groups excluding carboxylic acids is 1. The maximum absolute atomic E-state index is 14.0. The Labute approximate surface area is 219 Å². The second kappa shape index (κ2) is 10.3. The number of piperidine rings is 1. The Balaban J connectivity index is 1.31. The van der Waals surface area contributed by atoms with Crippen LogP contribution in [0, 0.1) is 31.4 Å². The maximum atomic E-state index is 14.0. The van der Waals surface area contributed by atoms with Crippen molar-refractivity contribution in [2.24, 2.45) is 5.92 Å². The van der Waals surface area contributed by atoms with E-state index in [1.165, 1.54) is 29.4 Å². The number of halogens is 2. The Morgan fingerprint density at radius 1 is 1.05 bits per heavy atom. The zero-order valence-electron chi connectivity index (χ0n) is 21.0. The Kier molecular flexibility index (Phi) is 7.06. The Hall–Kier alpha value is -3.57. The molecule has 0 radical (unpaired) electrons. The van der Waals surface area contributed by atoms with Crippen molar-refractivity contribution in [3.8, 4) is 5.75 Å². The first-order valence-electron chi connectivity index (χ1n) is 12.3. The highest BCUT2D eigenvalue weighted by Crippen LogP contribution is 2.35. The summed E-state index contributed by atoms with van der Waals surface area (Å²) in [5, 5.41) is 3.80. The van der Waals surface area contributed by atoms with Crippen LogP contribution in [0.5, 0.6) is 5.75 Å². The van der Waals surface area contributed by atoms with E-state index in [1.54, 1.807) is 4.90 Å². The van der Waals surface area contributed by atoms with Crippen LogP contribution in [0.4, 0.5) is 14.5 Å². The Morgan fingerprint density at radius 2 is 1.82 bits per heavy atom. The third-order valence-electron chi connectivity index (χ3n) is 6.85. The zero-order valence-corrected chi connectivity index (χ0v) is 21.8. The van der Waals surface area contributed by atoms with Crippen LogP contribution in [0.3, 0.4) is 0 Å². The Morgan fingerprint density at radius 3 is 2.55 bits per heavy atom. The van der Waals surface area contributed by atoms with Crippen LogP contribution in [0.1, 0.15) is 35.4 Å². The summed E-state index contributed by atoms with van der Waals surface area (Å²) < 4.78 is 66.6. The van der Waals surface area contributed by atoms with Gasteiger partial charge in [0.25, 0.3) is 0 Å². The monoisotopic (exact) mass is 543 g/mol. The lowest BCUT2D eigenvalue weighted by atomic mass is 9.96. The minimum absolute atomic E-state index is 0.0386. The summed E-state index contributed by atoms with van der Waals surface area (Å²) in [5.41, 5.74) is 2.00. The molecule has 1 fully saturated rings. The molecular weight excluding hydrogens is 516 g/mol. The highest BCUT2D eigenvalue weighted by Gasteiger charge is 2.38. The first-order valence-corrected chi connectivity index (χ1v) is 13.7. The lowest BCUT2D eigenvalue weighted by Crippen LogP contribution is -2.46. The largest absolute Gasteiger partial charge is 0.490 e. The quantitative estimate of drug-likeness (QED) is 0.468. The van der Waals surface area contributed by atoms with Crippen molar-refractivity contribution in [3.05, 3.63) is 70.6 Å². The number of fused-ring (bicyclic) bond motifs is 1. The van der Waals surface area contributed by atoms with Gasteiger partial charge < -0.3 is 14.2 Å². The van der Waals surface area contributed by atoms with Crippen LogP contribution in [-0.4, -0.2) is 50.0 Å². The molecule has 2 aliphatic heterocycles. The molecule has 0 unspecified atom stereocenters. The van der Waals surface area contributed by atoms with Gasteiger partial charge in [-0.3, -0.25) is 4.79 Å². The molecule has 0 spiro atoms. The van der Waals surface area contributed by atoms with Gasteiger partial charge in [0.05, 0.1) is 12.2 Å². The maximum Gasteiger partial charge on any atom is 0.248 e. The minimum Gasteiger partial charge on any atom is -0.490 e. The number of aromatic nitrogens is 1.